The Morgan fingerprint density at radius 2 is 2.29 bits per heavy atom. The normalized spacial score (nSPS) is 25.8. The Bertz CT molecular complexity index is 584. The molecule has 0 bridgehead atoms. The highest BCUT2D eigenvalue weighted by Crippen LogP contribution is 2.32. The van der Waals surface area contributed by atoms with Crippen molar-refractivity contribution in [3.8, 4) is 0 Å². The number of pyridine rings is 1. The van der Waals surface area contributed by atoms with Gasteiger partial charge in [0.15, 0.2) is 9.84 Å². The summed E-state index contributed by atoms with van der Waals surface area (Å²) in [6, 6.07) is 1.18. The van der Waals surface area contributed by atoms with Crippen LogP contribution in [0.1, 0.15) is 0 Å². The third-order valence-electron chi connectivity index (χ3n) is 3.10. The van der Waals surface area contributed by atoms with Gasteiger partial charge in [-0.05, 0) is 6.07 Å². The van der Waals surface area contributed by atoms with E-state index in [0.29, 0.717) is 12.2 Å². The molecule has 1 atom stereocenters. The van der Waals surface area contributed by atoms with Crippen LogP contribution in [0.2, 0.25) is 0 Å². The van der Waals surface area contributed by atoms with Crippen molar-refractivity contribution < 1.29 is 13.2 Å². The van der Waals surface area contributed by atoms with Gasteiger partial charge in [0, 0.05) is 12.7 Å². The molecule has 3 rings (SSSR count). The van der Waals surface area contributed by atoms with Crippen LogP contribution in [-0.4, -0.2) is 43.4 Å². The summed E-state index contributed by atoms with van der Waals surface area (Å²) in [5.74, 6) is -0.284. The van der Waals surface area contributed by atoms with Crippen LogP contribution in [0.5, 0.6) is 0 Å². The van der Waals surface area contributed by atoms with Crippen LogP contribution in [0, 0.1) is 0 Å². The highest BCUT2D eigenvalue weighted by molar-refractivity contribution is 7.91. The summed E-state index contributed by atoms with van der Waals surface area (Å²) >= 11 is 0. The second-order valence-corrected chi connectivity index (χ2v) is 6.43. The number of nitrogens with one attached hydrogen (secondary N) is 1. The van der Waals surface area contributed by atoms with E-state index in [1.54, 1.807) is 18.5 Å². The number of amides is 1. The first-order valence-corrected chi connectivity index (χ1v) is 7.11. The predicted molar refractivity (Wildman–Crippen MR) is 62.7 cm³/mol. The van der Waals surface area contributed by atoms with Crippen molar-refractivity contribution in [2.45, 2.75) is 6.04 Å². The Morgan fingerprint density at radius 1 is 1.47 bits per heavy atom. The number of hydrogen-bond donors (Lipinski definition) is 1. The molecule has 1 N–H and O–H groups in total. The van der Waals surface area contributed by atoms with Crippen LogP contribution in [0.15, 0.2) is 18.5 Å². The highest BCUT2D eigenvalue weighted by Gasteiger charge is 2.39. The topological polar surface area (TPSA) is 79.4 Å². The van der Waals surface area contributed by atoms with E-state index in [2.05, 4.69) is 10.3 Å². The van der Waals surface area contributed by atoms with E-state index in [9.17, 15) is 13.2 Å². The van der Waals surface area contributed by atoms with Crippen LogP contribution in [0.3, 0.4) is 0 Å². The summed E-state index contributed by atoms with van der Waals surface area (Å²) in [4.78, 5) is 17.6. The first kappa shape index (κ1) is 10.5. The number of fused-ring (bicyclic) bond motifs is 3. The smallest absolute Gasteiger partial charge is 0.248 e. The van der Waals surface area contributed by atoms with Crippen molar-refractivity contribution in [1.29, 1.82) is 0 Å². The van der Waals surface area contributed by atoms with Crippen molar-refractivity contribution in [1.82, 2.24) is 4.98 Å². The van der Waals surface area contributed by atoms with Gasteiger partial charge in [0.05, 0.1) is 29.1 Å². The molecule has 0 saturated carbocycles. The number of hydrogen-bond acceptors (Lipinski definition) is 5. The van der Waals surface area contributed by atoms with Gasteiger partial charge < -0.3 is 10.2 Å². The molecule has 3 heterocycles. The Kier molecular flexibility index (Phi) is 2.12. The average Bonchev–Trinajstić information content (AvgIpc) is 2.28. The number of sulfone groups is 1. The standard InChI is InChI=1S/C10H11N3O3S/c14-10-9-6-17(15,16)4-3-13(9)8-1-2-11-5-7(8)12-10/h1-2,5,9H,3-4,6H2,(H,12,14). The third kappa shape index (κ3) is 1.66. The lowest BCUT2D eigenvalue weighted by Crippen LogP contribution is -2.56. The van der Waals surface area contributed by atoms with E-state index >= 15 is 0 Å². The fraction of sp³-hybridized carbons (Fsp3) is 0.400. The first-order valence-electron chi connectivity index (χ1n) is 5.29. The number of aromatic nitrogens is 1. The van der Waals surface area contributed by atoms with Crippen LogP contribution in [0.25, 0.3) is 0 Å². The minimum atomic E-state index is -3.11. The van der Waals surface area contributed by atoms with Crippen LogP contribution < -0.4 is 10.2 Å². The molecule has 1 aromatic rings. The zero-order valence-corrected chi connectivity index (χ0v) is 9.77. The Balaban J connectivity index is 2.06. The predicted octanol–water partition coefficient (Wildman–Crippen LogP) is -0.363. The molecule has 1 saturated heterocycles. The summed E-state index contributed by atoms with van der Waals surface area (Å²) in [7, 11) is -3.11. The van der Waals surface area contributed by atoms with Crippen LogP contribution >= 0.6 is 0 Å². The van der Waals surface area contributed by atoms with E-state index in [4.69, 9.17) is 0 Å². The van der Waals surface area contributed by atoms with Gasteiger partial charge in [0.2, 0.25) is 5.91 Å². The molecule has 90 valence electrons. The van der Waals surface area contributed by atoms with E-state index < -0.39 is 15.9 Å². The lowest BCUT2D eigenvalue weighted by atomic mass is 10.1. The van der Waals surface area contributed by atoms with Gasteiger partial charge in [-0.25, -0.2) is 8.42 Å². The summed E-state index contributed by atoms with van der Waals surface area (Å²) in [6.45, 7) is 0.359. The molecule has 1 unspecified atom stereocenters. The fourth-order valence-electron chi connectivity index (χ4n) is 2.26. The molecular weight excluding hydrogens is 242 g/mol. The number of carbonyl (C=O) groups excluding carboxylic acids is 1. The molecule has 1 amide bonds. The summed E-state index contributed by atoms with van der Waals surface area (Å²) in [5.41, 5.74) is 1.49. The fourth-order valence-corrected chi connectivity index (χ4v) is 3.72. The first-order chi connectivity index (χ1) is 8.07. The Hall–Kier alpha value is -1.63. The lowest BCUT2D eigenvalue weighted by Gasteiger charge is -2.40. The van der Waals surface area contributed by atoms with Crippen molar-refractivity contribution >= 4 is 27.1 Å². The van der Waals surface area contributed by atoms with Crippen molar-refractivity contribution in [2.24, 2.45) is 0 Å². The maximum absolute atomic E-state index is 11.8. The maximum Gasteiger partial charge on any atom is 0.248 e. The molecule has 0 spiro atoms. The Morgan fingerprint density at radius 3 is 3.12 bits per heavy atom. The zero-order chi connectivity index (χ0) is 12.0. The molecule has 1 fully saturated rings. The second-order valence-electron chi connectivity index (χ2n) is 4.21. The number of rotatable bonds is 0. The lowest BCUT2D eigenvalue weighted by molar-refractivity contribution is -0.117. The van der Waals surface area contributed by atoms with E-state index in [0.717, 1.165) is 5.69 Å². The van der Waals surface area contributed by atoms with Gasteiger partial charge in [-0.1, -0.05) is 0 Å². The van der Waals surface area contributed by atoms with Crippen LogP contribution in [0.4, 0.5) is 11.4 Å². The minimum absolute atomic E-state index is 0.0958. The van der Waals surface area contributed by atoms with E-state index in [-0.39, 0.29) is 17.4 Å². The van der Waals surface area contributed by atoms with Gasteiger partial charge in [0.1, 0.15) is 6.04 Å². The summed E-state index contributed by atoms with van der Waals surface area (Å²) < 4.78 is 23.1. The zero-order valence-electron chi connectivity index (χ0n) is 8.96. The molecule has 1 aromatic heterocycles. The van der Waals surface area contributed by atoms with Gasteiger partial charge in [-0.2, -0.15) is 0 Å². The van der Waals surface area contributed by atoms with Gasteiger partial charge in [0.25, 0.3) is 0 Å². The molecule has 0 aliphatic carbocycles. The maximum atomic E-state index is 11.8. The molecule has 2 aliphatic heterocycles. The number of anilines is 2. The SMILES string of the molecule is O=C1Nc2cnccc2N2CCS(=O)(=O)CC12. The van der Waals surface area contributed by atoms with Gasteiger partial charge >= 0.3 is 0 Å². The van der Waals surface area contributed by atoms with Crippen molar-refractivity contribution in [3.63, 3.8) is 0 Å². The van der Waals surface area contributed by atoms with E-state index in [1.165, 1.54) is 0 Å². The molecular formula is C10H11N3O3S. The molecule has 0 radical (unpaired) electrons. The number of nitrogens with zero attached hydrogens (tertiary/aromatic N) is 2. The quantitative estimate of drug-likeness (QED) is 0.683. The molecule has 2 aliphatic rings. The Labute approximate surface area is 98.6 Å². The summed E-state index contributed by atoms with van der Waals surface area (Å²) in [5, 5.41) is 2.69. The van der Waals surface area contributed by atoms with Crippen molar-refractivity contribution in [3.05, 3.63) is 18.5 Å². The average molecular weight is 253 g/mol. The van der Waals surface area contributed by atoms with Crippen LogP contribution in [-0.2, 0) is 14.6 Å². The molecule has 17 heavy (non-hydrogen) atoms. The summed E-state index contributed by atoms with van der Waals surface area (Å²) in [6.07, 6.45) is 3.21. The van der Waals surface area contributed by atoms with E-state index in [1.807, 2.05) is 4.90 Å². The minimum Gasteiger partial charge on any atom is -0.356 e. The second kappa shape index (κ2) is 3.43. The highest BCUT2D eigenvalue weighted by atomic mass is 32.2. The molecule has 6 nitrogen and oxygen atoms in total. The molecule has 0 aromatic carbocycles. The largest absolute Gasteiger partial charge is 0.356 e. The van der Waals surface area contributed by atoms with Gasteiger partial charge in [-0.15, -0.1) is 0 Å². The van der Waals surface area contributed by atoms with Gasteiger partial charge in [-0.3, -0.25) is 9.78 Å². The number of carbonyl (C=O) groups is 1. The van der Waals surface area contributed by atoms with Crippen molar-refractivity contribution in [2.75, 3.05) is 28.3 Å². The monoisotopic (exact) mass is 253 g/mol. The molecule has 7 heteroatoms. The third-order valence-corrected chi connectivity index (χ3v) is 4.73.